The van der Waals surface area contributed by atoms with E-state index >= 15 is 0 Å². The minimum Gasteiger partial charge on any atom is -0.496 e. The van der Waals surface area contributed by atoms with Crippen LogP contribution in [0.3, 0.4) is 0 Å². The number of halogens is 2. The highest BCUT2D eigenvalue weighted by molar-refractivity contribution is 6.34. The standard InChI is InChI=1S/C29H29Cl2N5O3/c1-28(2)16-39-10-9-35(28)27(37)25-21-6-5-17-11-24(38-4)23(29(3)7-8-32-34-29)15-22(17)26(21)36(33-25)20-13-18(30)12-19(31)14-20/h7-8,11-15H,5-6,9-10,16H2,1-4H3. The van der Waals surface area contributed by atoms with Crippen LogP contribution >= 0.6 is 23.2 Å². The molecule has 0 spiro atoms. The van der Waals surface area contributed by atoms with Crippen LogP contribution in [0.1, 0.15) is 48.0 Å². The number of morpholine rings is 1. The maximum absolute atomic E-state index is 14.1. The molecule has 1 fully saturated rings. The van der Waals surface area contributed by atoms with Gasteiger partial charge in [-0.05, 0) is 75.6 Å². The molecule has 1 atom stereocenters. The summed E-state index contributed by atoms with van der Waals surface area (Å²) in [5.41, 5.74) is 4.69. The molecule has 2 aromatic carbocycles. The second kappa shape index (κ2) is 9.47. The van der Waals surface area contributed by atoms with Crippen LogP contribution < -0.4 is 4.74 Å². The van der Waals surface area contributed by atoms with Gasteiger partial charge in [0.25, 0.3) is 5.91 Å². The summed E-state index contributed by atoms with van der Waals surface area (Å²) in [5.74, 6) is 0.636. The number of methoxy groups -OCH3 is 1. The number of carbonyl (C=O) groups is 1. The van der Waals surface area contributed by atoms with E-state index in [9.17, 15) is 4.79 Å². The lowest BCUT2D eigenvalue weighted by molar-refractivity contribution is -0.0373. The fourth-order valence-corrected chi connectivity index (χ4v) is 6.24. The number of rotatable bonds is 4. The Bertz CT molecular complexity index is 1530. The minimum atomic E-state index is -0.668. The number of fused-ring (bicyclic) bond motifs is 3. The highest BCUT2D eigenvalue weighted by Crippen LogP contribution is 2.45. The van der Waals surface area contributed by atoms with Crippen LogP contribution in [0, 0.1) is 0 Å². The fraction of sp³-hybridized carbons (Fsp3) is 0.379. The van der Waals surface area contributed by atoms with Crippen LogP contribution in [-0.2, 0) is 23.1 Å². The molecule has 2 aliphatic heterocycles. The Kier molecular flexibility index (Phi) is 6.32. The molecule has 3 heterocycles. The van der Waals surface area contributed by atoms with Crippen LogP contribution in [0.4, 0.5) is 0 Å². The van der Waals surface area contributed by atoms with E-state index in [0.29, 0.717) is 47.6 Å². The van der Waals surface area contributed by atoms with Gasteiger partial charge in [-0.15, -0.1) is 0 Å². The predicted molar refractivity (Wildman–Crippen MR) is 150 cm³/mol. The largest absolute Gasteiger partial charge is 0.496 e. The molecule has 0 bridgehead atoms. The number of hydrogen-bond acceptors (Lipinski definition) is 6. The van der Waals surface area contributed by atoms with Crippen molar-refractivity contribution < 1.29 is 14.3 Å². The van der Waals surface area contributed by atoms with Gasteiger partial charge in [-0.3, -0.25) is 4.79 Å². The van der Waals surface area contributed by atoms with Crippen molar-refractivity contribution in [2.75, 3.05) is 26.9 Å². The van der Waals surface area contributed by atoms with Gasteiger partial charge in [0.05, 0.1) is 37.2 Å². The van der Waals surface area contributed by atoms with Gasteiger partial charge in [-0.25, -0.2) is 4.68 Å². The first-order chi connectivity index (χ1) is 18.6. The quantitative estimate of drug-likeness (QED) is 0.366. The normalized spacial score (nSPS) is 21.1. The maximum Gasteiger partial charge on any atom is 0.275 e. The molecular weight excluding hydrogens is 537 g/mol. The molecule has 1 unspecified atom stereocenters. The zero-order chi connectivity index (χ0) is 27.5. The van der Waals surface area contributed by atoms with Crippen molar-refractivity contribution in [1.82, 2.24) is 14.7 Å². The summed E-state index contributed by atoms with van der Waals surface area (Å²) in [5, 5.41) is 14.5. The summed E-state index contributed by atoms with van der Waals surface area (Å²) in [6.45, 7) is 7.50. The van der Waals surface area contributed by atoms with Crippen molar-refractivity contribution in [3.8, 4) is 22.7 Å². The highest BCUT2D eigenvalue weighted by atomic mass is 35.5. The predicted octanol–water partition coefficient (Wildman–Crippen LogP) is 6.40. The first kappa shape index (κ1) is 26.0. The van der Waals surface area contributed by atoms with E-state index in [4.69, 9.17) is 37.8 Å². The van der Waals surface area contributed by atoms with E-state index in [0.717, 1.165) is 40.1 Å². The Hall–Kier alpha value is -3.20. The maximum atomic E-state index is 14.1. The zero-order valence-corrected chi connectivity index (χ0v) is 23.8. The number of hydrogen-bond donors (Lipinski definition) is 0. The van der Waals surface area contributed by atoms with Gasteiger partial charge < -0.3 is 14.4 Å². The van der Waals surface area contributed by atoms with Gasteiger partial charge in [-0.1, -0.05) is 23.2 Å². The first-order valence-corrected chi connectivity index (χ1v) is 13.7. The highest BCUT2D eigenvalue weighted by Gasteiger charge is 2.39. The molecular formula is C29H29Cl2N5O3. The van der Waals surface area contributed by atoms with Gasteiger partial charge in [0, 0.05) is 39.5 Å². The second-order valence-corrected chi connectivity index (χ2v) is 11.8. The SMILES string of the molecule is COc1cc2c(cc1C1(C)C=CN=N1)-c1c(c(C(=O)N3CCOCC3(C)C)nn1-c1cc(Cl)cc(Cl)c1)CC2. The third kappa shape index (κ3) is 4.35. The van der Waals surface area contributed by atoms with E-state index in [1.54, 1.807) is 24.1 Å². The van der Waals surface area contributed by atoms with Gasteiger partial charge in [-0.2, -0.15) is 15.3 Å². The number of carbonyl (C=O) groups excluding carboxylic acids is 1. The number of aryl methyl sites for hydroxylation is 1. The van der Waals surface area contributed by atoms with Crippen LogP contribution in [0.25, 0.3) is 16.9 Å². The minimum absolute atomic E-state index is 0.108. The van der Waals surface area contributed by atoms with Crippen molar-refractivity contribution >= 4 is 29.1 Å². The topological polar surface area (TPSA) is 81.3 Å². The van der Waals surface area contributed by atoms with Crippen LogP contribution in [-0.4, -0.2) is 53.0 Å². The monoisotopic (exact) mass is 565 g/mol. The molecule has 1 saturated heterocycles. The van der Waals surface area contributed by atoms with Crippen LogP contribution in [0.2, 0.25) is 10.0 Å². The molecule has 3 aromatic rings. The van der Waals surface area contributed by atoms with Crippen molar-refractivity contribution in [3.05, 3.63) is 75.0 Å². The average molecular weight is 566 g/mol. The summed E-state index contributed by atoms with van der Waals surface area (Å²) in [7, 11) is 1.66. The Morgan fingerprint density at radius 2 is 1.85 bits per heavy atom. The van der Waals surface area contributed by atoms with Gasteiger partial charge in [0.2, 0.25) is 0 Å². The second-order valence-electron chi connectivity index (χ2n) is 10.9. The van der Waals surface area contributed by atoms with Crippen LogP contribution in [0.5, 0.6) is 5.75 Å². The Balaban J connectivity index is 1.59. The number of nitrogens with zero attached hydrogens (tertiary/aromatic N) is 5. The number of azo groups is 1. The van der Waals surface area contributed by atoms with E-state index in [1.807, 2.05) is 43.9 Å². The van der Waals surface area contributed by atoms with Crippen LogP contribution in [0.15, 0.2) is 52.8 Å². The number of aromatic nitrogens is 2. The summed E-state index contributed by atoms with van der Waals surface area (Å²) in [6, 6.07) is 9.46. The third-order valence-corrected chi connectivity index (χ3v) is 8.21. The summed E-state index contributed by atoms with van der Waals surface area (Å²) in [6.07, 6.45) is 5.04. The van der Waals surface area contributed by atoms with E-state index in [1.165, 1.54) is 0 Å². The lowest BCUT2D eigenvalue weighted by atomic mass is 9.83. The first-order valence-electron chi connectivity index (χ1n) is 12.9. The lowest BCUT2D eigenvalue weighted by Crippen LogP contribution is -2.55. The molecule has 1 aliphatic carbocycles. The zero-order valence-electron chi connectivity index (χ0n) is 22.3. The Labute approximate surface area is 237 Å². The fourth-order valence-electron chi connectivity index (χ4n) is 5.73. The van der Waals surface area contributed by atoms with E-state index < -0.39 is 11.1 Å². The molecule has 3 aliphatic rings. The molecule has 0 saturated carbocycles. The van der Waals surface area contributed by atoms with Crippen molar-refractivity contribution in [2.24, 2.45) is 10.2 Å². The van der Waals surface area contributed by atoms with Crippen molar-refractivity contribution in [3.63, 3.8) is 0 Å². The Morgan fingerprint density at radius 3 is 2.51 bits per heavy atom. The van der Waals surface area contributed by atoms with Gasteiger partial charge in [0.1, 0.15) is 11.3 Å². The third-order valence-electron chi connectivity index (χ3n) is 7.77. The molecule has 39 heavy (non-hydrogen) atoms. The van der Waals surface area contributed by atoms with E-state index in [-0.39, 0.29) is 5.91 Å². The molecule has 0 N–H and O–H groups in total. The molecule has 202 valence electrons. The number of benzene rings is 2. The number of ether oxygens (including phenoxy) is 2. The van der Waals surface area contributed by atoms with Crippen molar-refractivity contribution in [1.29, 1.82) is 0 Å². The van der Waals surface area contributed by atoms with E-state index in [2.05, 4.69) is 22.4 Å². The molecule has 1 aromatic heterocycles. The Morgan fingerprint density at radius 1 is 1.08 bits per heavy atom. The molecule has 6 rings (SSSR count). The van der Waals surface area contributed by atoms with Crippen molar-refractivity contribution in [2.45, 2.75) is 44.7 Å². The average Bonchev–Trinajstić information content (AvgIpc) is 3.51. The van der Waals surface area contributed by atoms with Gasteiger partial charge in [0.15, 0.2) is 5.69 Å². The summed E-state index contributed by atoms with van der Waals surface area (Å²) in [4.78, 5) is 16.0. The lowest BCUT2D eigenvalue weighted by Gasteiger charge is -2.41. The summed E-state index contributed by atoms with van der Waals surface area (Å²) >= 11 is 12.8. The molecule has 1 amide bonds. The summed E-state index contributed by atoms with van der Waals surface area (Å²) < 4.78 is 13.3. The van der Waals surface area contributed by atoms with Gasteiger partial charge >= 0.3 is 0 Å². The molecule has 8 nitrogen and oxygen atoms in total. The smallest absolute Gasteiger partial charge is 0.275 e. The molecule has 10 heteroatoms. The molecule has 0 radical (unpaired) electrons. The number of amides is 1.